The van der Waals surface area contributed by atoms with E-state index in [0.717, 1.165) is 12.1 Å². The normalized spacial score (nSPS) is 18.7. The molecule has 10 heteroatoms. The van der Waals surface area contributed by atoms with Crippen LogP contribution in [0.2, 0.25) is 0 Å². The van der Waals surface area contributed by atoms with Gasteiger partial charge in [-0.3, -0.25) is 0 Å². The summed E-state index contributed by atoms with van der Waals surface area (Å²) in [4.78, 5) is 11.7. The maximum absolute atomic E-state index is 14.8. The van der Waals surface area contributed by atoms with Gasteiger partial charge in [0.1, 0.15) is 11.4 Å². The Kier molecular flexibility index (Phi) is 6.04. The lowest BCUT2D eigenvalue weighted by Gasteiger charge is -2.32. The Bertz CT molecular complexity index is 772. The van der Waals surface area contributed by atoms with E-state index in [1.165, 1.54) is 0 Å². The molecule has 0 atom stereocenters. The number of hydrogen-bond acceptors (Lipinski definition) is 4. The second-order valence-corrected chi connectivity index (χ2v) is 8.98. The van der Waals surface area contributed by atoms with E-state index in [1.54, 1.807) is 48.5 Å². The molecule has 29 heavy (non-hydrogen) atoms. The van der Waals surface area contributed by atoms with Crippen LogP contribution in [0.25, 0.3) is 0 Å². The molecule has 1 fully saturated rings. The Hall–Kier alpha value is -1.81. The van der Waals surface area contributed by atoms with Crippen molar-refractivity contribution >= 4 is 18.7 Å². The molecule has 1 heterocycles. The number of amides is 1. The minimum Gasteiger partial charge on any atom is -0.444 e. The van der Waals surface area contributed by atoms with E-state index in [1.807, 2.05) is 0 Å². The monoisotopic (exact) mass is 419 g/mol. The standard InChI is InChI=1S/C19H26BF4NO4/c1-16(2,3)27-15(26)25-10-11-8-12(19(22,23)24)14(13(21)9-11)20-28-17(4,5)18(6,7)29-20/h8-9H,10H2,1-7H3,(H,25,26). The van der Waals surface area contributed by atoms with Crippen LogP contribution < -0.4 is 10.8 Å². The fraction of sp³-hybridized carbons (Fsp3) is 0.632. The summed E-state index contributed by atoms with van der Waals surface area (Å²) < 4.78 is 72.1. The molecule has 1 aromatic carbocycles. The Labute approximate surface area is 168 Å². The van der Waals surface area contributed by atoms with Crippen molar-refractivity contribution in [1.82, 2.24) is 5.32 Å². The SMILES string of the molecule is CC(C)(C)OC(=O)NCc1cc(F)c(B2OC(C)(C)C(C)(C)O2)c(C(F)(F)F)c1. The van der Waals surface area contributed by atoms with Crippen LogP contribution in [0.3, 0.4) is 0 Å². The zero-order chi connectivity index (χ0) is 22.4. The molecule has 1 N–H and O–H groups in total. The number of alkyl carbamates (subject to hydrolysis) is 1. The molecule has 0 bridgehead atoms. The van der Waals surface area contributed by atoms with Crippen molar-refractivity contribution in [3.63, 3.8) is 0 Å². The first-order valence-electron chi connectivity index (χ1n) is 9.15. The molecule has 0 radical (unpaired) electrons. The van der Waals surface area contributed by atoms with E-state index in [0.29, 0.717) is 0 Å². The van der Waals surface area contributed by atoms with E-state index in [4.69, 9.17) is 14.0 Å². The lowest BCUT2D eigenvalue weighted by molar-refractivity contribution is -0.137. The molecule has 2 rings (SSSR count). The van der Waals surface area contributed by atoms with Gasteiger partial charge in [-0.2, -0.15) is 13.2 Å². The van der Waals surface area contributed by atoms with E-state index in [2.05, 4.69) is 5.32 Å². The zero-order valence-electron chi connectivity index (χ0n) is 17.6. The van der Waals surface area contributed by atoms with E-state index in [-0.39, 0.29) is 12.1 Å². The fourth-order valence-corrected chi connectivity index (χ4v) is 2.70. The van der Waals surface area contributed by atoms with Crippen LogP contribution in [0.15, 0.2) is 12.1 Å². The van der Waals surface area contributed by atoms with Gasteiger partial charge in [-0.05, 0) is 66.2 Å². The van der Waals surface area contributed by atoms with Crippen molar-refractivity contribution in [1.29, 1.82) is 0 Å². The van der Waals surface area contributed by atoms with Crippen molar-refractivity contribution in [2.24, 2.45) is 0 Å². The highest BCUT2D eigenvalue weighted by Crippen LogP contribution is 2.38. The Morgan fingerprint density at radius 2 is 1.62 bits per heavy atom. The molecule has 0 spiro atoms. The van der Waals surface area contributed by atoms with Gasteiger partial charge in [-0.1, -0.05) is 0 Å². The summed E-state index contributed by atoms with van der Waals surface area (Å²) in [6.07, 6.45) is -5.66. The average molecular weight is 419 g/mol. The van der Waals surface area contributed by atoms with Crippen molar-refractivity contribution in [2.75, 3.05) is 0 Å². The molecular weight excluding hydrogens is 393 g/mol. The number of rotatable bonds is 3. The number of halogens is 4. The number of nitrogens with one attached hydrogen (secondary N) is 1. The Balaban J connectivity index is 2.34. The summed E-state index contributed by atoms with van der Waals surface area (Å²) >= 11 is 0. The molecule has 1 aliphatic rings. The molecule has 1 aliphatic heterocycles. The minimum atomic E-state index is -4.85. The van der Waals surface area contributed by atoms with Gasteiger partial charge >= 0.3 is 19.4 Å². The van der Waals surface area contributed by atoms with Gasteiger partial charge in [-0.15, -0.1) is 0 Å². The van der Waals surface area contributed by atoms with Crippen molar-refractivity contribution in [2.45, 2.75) is 78.0 Å². The van der Waals surface area contributed by atoms with E-state index in [9.17, 15) is 22.4 Å². The van der Waals surface area contributed by atoms with Crippen LogP contribution in [0, 0.1) is 5.82 Å². The van der Waals surface area contributed by atoms with Gasteiger partial charge in [-0.25, -0.2) is 9.18 Å². The first kappa shape index (κ1) is 23.5. The van der Waals surface area contributed by atoms with Gasteiger partial charge in [0.05, 0.1) is 16.8 Å². The summed E-state index contributed by atoms with van der Waals surface area (Å²) in [7, 11) is -1.51. The first-order valence-corrected chi connectivity index (χ1v) is 9.15. The summed E-state index contributed by atoms with van der Waals surface area (Å²) in [5.41, 5.74) is -4.61. The Morgan fingerprint density at radius 3 is 2.07 bits per heavy atom. The van der Waals surface area contributed by atoms with Gasteiger partial charge in [0, 0.05) is 12.0 Å². The van der Waals surface area contributed by atoms with Gasteiger partial charge in [0.25, 0.3) is 0 Å². The molecule has 1 saturated heterocycles. The van der Waals surface area contributed by atoms with Crippen LogP contribution in [-0.2, 0) is 26.8 Å². The molecule has 0 aliphatic carbocycles. The predicted molar refractivity (Wildman–Crippen MR) is 100 cm³/mol. The summed E-state index contributed by atoms with van der Waals surface area (Å²) in [6.45, 7) is 11.3. The predicted octanol–water partition coefficient (Wildman–Crippen LogP) is 4.17. The lowest BCUT2D eigenvalue weighted by Crippen LogP contribution is -2.41. The number of carbonyl (C=O) groups excluding carboxylic acids is 1. The van der Waals surface area contributed by atoms with E-state index < -0.39 is 53.0 Å². The van der Waals surface area contributed by atoms with Gasteiger partial charge < -0.3 is 19.4 Å². The number of carbonyl (C=O) groups is 1. The maximum Gasteiger partial charge on any atom is 0.498 e. The van der Waals surface area contributed by atoms with Crippen LogP contribution in [-0.4, -0.2) is 30.0 Å². The molecule has 0 saturated carbocycles. The van der Waals surface area contributed by atoms with E-state index >= 15 is 0 Å². The molecule has 162 valence electrons. The third-order valence-electron chi connectivity index (χ3n) is 4.82. The highest BCUT2D eigenvalue weighted by Gasteiger charge is 2.54. The highest BCUT2D eigenvalue weighted by atomic mass is 19.4. The average Bonchev–Trinajstić information content (AvgIpc) is 2.69. The highest BCUT2D eigenvalue weighted by molar-refractivity contribution is 6.62. The third kappa shape index (κ3) is 5.42. The molecular formula is C19H26BF4NO4. The topological polar surface area (TPSA) is 56.8 Å². The molecule has 0 unspecified atom stereocenters. The smallest absolute Gasteiger partial charge is 0.444 e. The number of ether oxygens (including phenoxy) is 1. The van der Waals surface area contributed by atoms with Crippen LogP contribution in [0.4, 0.5) is 22.4 Å². The van der Waals surface area contributed by atoms with Crippen LogP contribution >= 0.6 is 0 Å². The van der Waals surface area contributed by atoms with Gasteiger partial charge in [0.2, 0.25) is 0 Å². The quantitative estimate of drug-likeness (QED) is 0.591. The maximum atomic E-state index is 14.8. The fourth-order valence-electron chi connectivity index (χ4n) is 2.70. The summed E-state index contributed by atoms with van der Waals surface area (Å²) in [6, 6.07) is 1.70. The number of benzene rings is 1. The molecule has 1 aromatic rings. The van der Waals surface area contributed by atoms with Crippen molar-refractivity contribution < 1.29 is 36.4 Å². The van der Waals surface area contributed by atoms with Crippen molar-refractivity contribution in [3.05, 3.63) is 29.1 Å². The van der Waals surface area contributed by atoms with Crippen LogP contribution in [0.1, 0.15) is 59.6 Å². The number of alkyl halides is 3. The molecule has 1 amide bonds. The molecule has 5 nitrogen and oxygen atoms in total. The van der Waals surface area contributed by atoms with Gasteiger partial charge in [0.15, 0.2) is 0 Å². The largest absolute Gasteiger partial charge is 0.498 e. The zero-order valence-corrected chi connectivity index (χ0v) is 17.6. The molecule has 0 aromatic heterocycles. The summed E-state index contributed by atoms with van der Waals surface area (Å²) in [5, 5.41) is 2.32. The van der Waals surface area contributed by atoms with Crippen LogP contribution in [0.5, 0.6) is 0 Å². The third-order valence-corrected chi connectivity index (χ3v) is 4.82. The summed E-state index contributed by atoms with van der Waals surface area (Å²) in [5.74, 6) is -1.13. The van der Waals surface area contributed by atoms with Crippen molar-refractivity contribution in [3.8, 4) is 0 Å². The first-order chi connectivity index (χ1) is 12.9. The second kappa shape index (κ2) is 7.47. The lowest BCUT2D eigenvalue weighted by atomic mass is 9.74. The minimum absolute atomic E-state index is 0.0686. The number of hydrogen-bond donors (Lipinski definition) is 1. The second-order valence-electron chi connectivity index (χ2n) is 8.98. The Morgan fingerprint density at radius 1 is 1.10 bits per heavy atom.